The zero-order valence-electron chi connectivity index (χ0n) is 10.3. The number of rotatable bonds is 2. The molecule has 0 aliphatic carbocycles. The van der Waals surface area contributed by atoms with Gasteiger partial charge in [-0.25, -0.2) is 0 Å². The molecule has 1 saturated heterocycles. The Kier molecular flexibility index (Phi) is 3.31. The molecular formula is C11H15N3O4. The van der Waals surface area contributed by atoms with Crippen molar-refractivity contribution in [3.63, 3.8) is 0 Å². The van der Waals surface area contributed by atoms with Gasteiger partial charge in [0, 0.05) is 19.5 Å². The van der Waals surface area contributed by atoms with Gasteiger partial charge in [-0.3, -0.25) is 9.59 Å². The van der Waals surface area contributed by atoms with Crippen LogP contribution in [0.1, 0.15) is 36.3 Å². The van der Waals surface area contributed by atoms with E-state index in [4.69, 9.17) is 9.63 Å². The maximum absolute atomic E-state index is 12.1. The molecule has 1 fully saturated rings. The lowest BCUT2D eigenvalue weighted by atomic mass is 9.91. The van der Waals surface area contributed by atoms with Crippen molar-refractivity contribution in [3.8, 4) is 0 Å². The van der Waals surface area contributed by atoms with E-state index in [1.807, 2.05) is 6.92 Å². The normalized spacial score (nSPS) is 24.0. The van der Waals surface area contributed by atoms with Crippen molar-refractivity contribution in [1.29, 1.82) is 0 Å². The van der Waals surface area contributed by atoms with Crippen LogP contribution >= 0.6 is 0 Å². The third-order valence-corrected chi connectivity index (χ3v) is 3.21. The lowest BCUT2D eigenvalue weighted by molar-refractivity contribution is -0.143. The summed E-state index contributed by atoms with van der Waals surface area (Å²) in [5.41, 5.74) is 0. The van der Waals surface area contributed by atoms with Gasteiger partial charge in [0.05, 0.1) is 5.92 Å². The fraction of sp³-hybridized carbons (Fsp3) is 0.636. The fourth-order valence-corrected chi connectivity index (χ4v) is 2.21. The van der Waals surface area contributed by atoms with E-state index in [9.17, 15) is 9.59 Å². The Morgan fingerprint density at radius 2 is 2.22 bits per heavy atom. The van der Waals surface area contributed by atoms with Gasteiger partial charge in [0.2, 0.25) is 5.89 Å². The maximum atomic E-state index is 12.1. The molecule has 7 heteroatoms. The topological polar surface area (TPSA) is 96.5 Å². The second-order valence-electron chi connectivity index (χ2n) is 4.54. The summed E-state index contributed by atoms with van der Waals surface area (Å²) in [5.74, 6) is -1.11. The highest BCUT2D eigenvalue weighted by molar-refractivity contribution is 5.90. The van der Waals surface area contributed by atoms with E-state index >= 15 is 0 Å². The minimum atomic E-state index is -0.802. The average molecular weight is 253 g/mol. The number of amides is 1. The van der Waals surface area contributed by atoms with E-state index in [0.717, 1.165) is 0 Å². The van der Waals surface area contributed by atoms with Gasteiger partial charge in [-0.15, -0.1) is 0 Å². The van der Waals surface area contributed by atoms with Gasteiger partial charge >= 0.3 is 5.97 Å². The van der Waals surface area contributed by atoms with Crippen LogP contribution in [0.5, 0.6) is 0 Å². The van der Waals surface area contributed by atoms with Crippen molar-refractivity contribution in [2.75, 3.05) is 6.54 Å². The third kappa shape index (κ3) is 2.34. The van der Waals surface area contributed by atoms with E-state index in [2.05, 4.69) is 10.1 Å². The highest BCUT2D eigenvalue weighted by Gasteiger charge is 2.34. The van der Waals surface area contributed by atoms with Crippen LogP contribution in [0.4, 0.5) is 0 Å². The molecule has 0 radical (unpaired) electrons. The van der Waals surface area contributed by atoms with Crippen LogP contribution in [0.3, 0.4) is 0 Å². The van der Waals surface area contributed by atoms with Crippen LogP contribution in [-0.4, -0.2) is 44.6 Å². The molecule has 0 spiro atoms. The minimum Gasteiger partial charge on any atom is -0.481 e. The number of nitrogens with zero attached hydrogens (tertiary/aromatic N) is 3. The number of aliphatic carboxylic acids is 1. The van der Waals surface area contributed by atoms with Crippen LogP contribution in [0, 0.1) is 12.8 Å². The van der Waals surface area contributed by atoms with Gasteiger partial charge < -0.3 is 14.5 Å². The van der Waals surface area contributed by atoms with E-state index in [0.29, 0.717) is 25.3 Å². The predicted molar refractivity (Wildman–Crippen MR) is 59.9 cm³/mol. The lowest BCUT2D eigenvalue weighted by Crippen LogP contribution is -2.46. The Morgan fingerprint density at radius 1 is 1.50 bits per heavy atom. The van der Waals surface area contributed by atoms with Crippen molar-refractivity contribution in [3.05, 3.63) is 11.7 Å². The number of aryl methyl sites for hydroxylation is 1. The Labute approximate surface area is 104 Å². The summed E-state index contributed by atoms with van der Waals surface area (Å²) < 4.78 is 4.77. The summed E-state index contributed by atoms with van der Waals surface area (Å²) >= 11 is 0. The van der Waals surface area contributed by atoms with Gasteiger partial charge in [0.25, 0.3) is 11.7 Å². The second-order valence-corrected chi connectivity index (χ2v) is 4.54. The number of piperidine rings is 1. The Morgan fingerprint density at radius 3 is 2.72 bits per heavy atom. The first-order chi connectivity index (χ1) is 8.49. The summed E-state index contributed by atoms with van der Waals surface area (Å²) in [6.07, 6.45) is 0.917. The Hall–Kier alpha value is -1.92. The molecule has 2 rings (SSSR count). The highest BCUT2D eigenvalue weighted by atomic mass is 16.5. The number of hydrogen-bond acceptors (Lipinski definition) is 5. The van der Waals surface area contributed by atoms with E-state index in [1.54, 1.807) is 11.8 Å². The molecule has 7 nitrogen and oxygen atoms in total. The van der Waals surface area contributed by atoms with Gasteiger partial charge in [0.1, 0.15) is 0 Å². The average Bonchev–Trinajstić information content (AvgIpc) is 2.74. The van der Waals surface area contributed by atoms with Gasteiger partial charge in [-0.1, -0.05) is 5.16 Å². The number of carbonyl (C=O) groups excluding carboxylic acids is 1. The molecule has 1 amide bonds. The number of likely N-dealkylation sites (tertiary alicyclic amines) is 1. The third-order valence-electron chi connectivity index (χ3n) is 3.21. The van der Waals surface area contributed by atoms with E-state index < -0.39 is 5.97 Å². The summed E-state index contributed by atoms with van der Waals surface area (Å²) in [5, 5.41) is 12.5. The number of carboxylic acid groups (broad SMARTS) is 1. The second kappa shape index (κ2) is 4.75. The Bertz CT molecular complexity index is 471. The van der Waals surface area contributed by atoms with Crippen molar-refractivity contribution in [2.45, 2.75) is 32.7 Å². The van der Waals surface area contributed by atoms with Crippen LogP contribution in [0.2, 0.25) is 0 Å². The van der Waals surface area contributed by atoms with Crippen molar-refractivity contribution in [1.82, 2.24) is 15.0 Å². The van der Waals surface area contributed by atoms with E-state index in [-0.39, 0.29) is 23.7 Å². The van der Waals surface area contributed by atoms with Crippen LogP contribution in [0.25, 0.3) is 0 Å². The molecule has 2 atom stereocenters. The summed E-state index contributed by atoms with van der Waals surface area (Å²) in [7, 11) is 0. The molecule has 98 valence electrons. The lowest BCUT2D eigenvalue weighted by Gasteiger charge is -2.35. The maximum Gasteiger partial charge on any atom is 0.306 e. The Balaban J connectivity index is 2.07. The molecule has 1 aliphatic rings. The monoisotopic (exact) mass is 253 g/mol. The van der Waals surface area contributed by atoms with Crippen LogP contribution in [-0.2, 0) is 4.79 Å². The largest absolute Gasteiger partial charge is 0.481 e. The number of aromatic nitrogens is 2. The molecule has 0 bridgehead atoms. The molecule has 0 saturated carbocycles. The summed E-state index contributed by atoms with van der Waals surface area (Å²) in [6, 6.07) is -0.133. The molecule has 2 heterocycles. The minimum absolute atomic E-state index is 0.0353. The van der Waals surface area contributed by atoms with Gasteiger partial charge in [-0.2, -0.15) is 4.98 Å². The molecule has 18 heavy (non-hydrogen) atoms. The van der Waals surface area contributed by atoms with Gasteiger partial charge in [-0.05, 0) is 19.8 Å². The molecule has 1 N–H and O–H groups in total. The van der Waals surface area contributed by atoms with Crippen LogP contribution in [0.15, 0.2) is 4.52 Å². The molecule has 1 aromatic rings. The van der Waals surface area contributed by atoms with E-state index in [1.165, 1.54) is 0 Å². The quantitative estimate of drug-likeness (QED) is 0.833. The van der Waals surface area contributed by atoms with Gasteiger partial charge in [0.15, 0.2) is 0 Å². The summed E-state index contributed by atoms with van der Waals surface area (Å²) in [4.78, 5) is 28.5. The number of carboxylic acids is 1. The fourth-order valence-electron chi connectivity index (χ4n) is 2.21. The summed E-state index contributed by atoms with van der Waals surface area (Å²) in [6.45, 7) is 3.86. The molecule has 2 unspecified atom stereocenters. The SMILES string of the molecule is Cc1nc(C(=O)N2CCC(C(=O)O)CC2C)no1. The molecular weight excluding hydrogens is 238 g/mol. The molecule has 1 aromatic heterocycles. The van der Waals surface area contributed by atoms with Crippen LogP contribution < -0.4 is 0 Å². The molecule has 0 aromatic carbocycles. The predicted octanol–water partition coefficient (Wildman–Crippen LogP) is 0.703. The highest BCUT2D eigenvalue weighted by Crippen LogP contribution is 2.24. The van der Waals surface area contributed by atoms with Crippen molar-refractivity contribution < 1.29 is 19.2 Å². The van der Waals surface area contributed by atoms with Crippen molar-refractivity contribution >= 4 is 11.9 Å². The zero-order valence-corrected chi connectivity index (χ0v) is 10.3. The number of carbonyl (C=O) groups is 2. The first-order valence-corrected chi connectivity index (χ1v) is 5.83. The first-order valence-electron chi connectivity index (χ1n) is 5.83. The van der Waals surface area contributed by atoms with Crippen molar-refractivity contribution in [2.24, 2.45) is 5.92 Å². The molecule has 1 aliphatic heterocycles. The smallest absolute Gasteiger partial charge is 0.306 e. The standard InChI is InChI=1S/C11H15N3O4/c1-6-5-8(11(16)17)3-4-14(6)10(15)9-12-7(2)18-13-9/h6,8H,3-5H2,1-2H3,(H,16,17). The first kappa shape index (κ1) is 12.5. The number of hydrogen-bond donors (Lipinski definition) is 1. The zero-order chi connectivity index (χ0) is 13.3.